The van der Waals surface area contributed by atoms with Crippen LogP contribution in [0.5, 0.6) is 5.75 Å². The van der Waals surface area contributed by atoms with Gasteiger partial charge in [-0.25, -0.2) is 0 Å². The van der Waals surface area contributed by atoms with E-state index in [9.17, 15) is 4.79 Å². The van der Waals surface area contributed by atoms with E-state index in [0.717, 1.165) is 37.6 Å². The molecule has 0 bridgehead atoms. The third-order valence-corrected chi connectivity index (χ3v) is 5.00. The average molecular weight is 317 g/mol. The summed E-state index contributed by atoms with van der Waals surface area (Å²) in [5.74, 6) is 1.38. The first-order chi connectivity index (χ1) is 11.3. The maximum Gasteiger partial charge on any atom is 0.242 e. The van der Waals surface area contributed by atoms with Crippen molar-refractivity contribution in [2.24, 2.45) is 5.92 Å². The zero-order valence-corrected chi connectivity index (χ0v) is 13.9. The summed E-state index contributed by atoms with van der Waals surface area (Å²) in [6.45, 7) is 3.84. The molecule has 2 N–H and O–H groups in total. The van der Waals surface area contributed by atoms with E-state index in [1.807, 2.05) is 24.3 Å². The minimum absolute atomic E-state index is 0.00852. The highest BCUT2D eigenvalue weighted by atomic mass is 16.5. The molecule has 5 nitrogen and oxygen atoms in total. The predicted molar refractivity (Wildman–Crippen MR) is 91.8 cm³/mol. The number of hydrogen-bond donors (Lipinski definition) is 2. The van der Waals surface area contributed by atoms with E-state index < -0.39 is 0 Å². The van der Waals surface area contributed by atoms with Gasteiger partial charge in [-0.3, -0.25) is 9.69 Å². The van der Waals surface area contributed by atoms with Gasteiger partial charge in [-0.2, -0.15) is 0 Å². The van der Waals surface area contributed by atoms with Gasteiger partial charge in [0.25, 0.3) is 0 Å². The summed E-state index contributed by atoms with van der Waals surface area (Å²) in [5.41, 5.74) is 0.812. The van der Waals surface area contributed by atoms with Crippen LogP contribution in [-0.2, 0) is 4.79 Å². The van der Waals surface area contributed by atoms with Crippen molar-refractivity contribution in [2.45, 2.75) is 31.7 Å². The number of piperazine rings is 1. The van der Waals surface area contributed by atoms with Crippen LogP contribution in [0, 0.1) is 5.92 Å². The van der Waals surface area contributed by atoms with Crippen LogP contribution in [0.1, 0.15) is 25.7 Å². The molecule has 23 heavy (non-hydrogen) atoms. The normalized spacial score (nSPS) is 21.1. The number of anilines is 1. The van der Waals surface area contributed by atoms with Crippen molar-refractivity contribution in [1.29, 1.82) is 0 Å². The van der Waals surface area contributed by atoms with Crippen LogP contribution in [0.15, 0.2) is 24.3 Å². The molecule has 2 aliphatic rings. The Bertz CT molecular complexity index is 523. The molecule has 1 saturated carbocycles. The van der Waals surface area contributed by atoms with Crippen molar-refractivity contribution in [3.63, 3.8) is 0 Å². The number of carbonyl (C=O) groups is 1. The van der Waals surface area contributed by atoms with Crippen LogP contribution >= 0.6 is 0 Å². The summed E-state index contributed by atoms with van der Waals surface area (Å²) in [5, 5.41) is 6.48. The molecule has 1 saturated heterocycles. The first-order valence-electron chi connectivity index (χ1n) is 8.67. The molecule has 1 atom stereocenters. The Kier molecular flexibility index (Phi) is 5.51. The topological polar surface area (TPSA) is 53.6 Å². The Morgan fingerprint density at radius 3 is 2.74 bits per heavy atom. The maximum absolute atomic E-state index is 13.0. The predicted octanol–water partition coefficient (Wildman–Crippen LogP) is 2.10. The molecule has 1 aliphatic carbocycles. The van der Waals surface area contributed by atoms with Crippen LogP contribution in [0.4, 0.5) is 5.69 Å². The second-order valence-electron chi connectivity index (χ2n) is 6.50. The zero-order valence-electron chi connectivity index (χ0n) is 13.9. The van der Waals surface area contributed by atoms with Gasteiger partial charge in [-0.1, -0.05) is 18.9 Å². The zero-order chi connectivity index (χ0) is 16.1. The molecular weight excluding hydrogens is 290 g/mol. The summed E-state index contributed by atoms with van der Waals surface area (Å²) < 4.78 is 5.24. The van der Waals surface area contributed by atoms with Crippen molar-refractivity contribution in [1.82, 2.24) is 10.2 Å². The molecule has 0 aromatic heterocycles. The number of nitrogens with one attached hydrogen (secondary N) is 2. The van der Waals surface area contributed by atoms with E-state index in [2.05, 4.69) is 15.5 Å². The SMILES string of the molecule is COc1cccc(NC(=O)C(C2CCCC2)N2CCNCC2)c1. The molecule has 1 aromatic carbocycles. The quantitative estimate of drug-likeness (QED) is 0.873. The summed E-state index contributed by atoms with van der Waals surface area (Å²) in [6.07, 6.45) is 4.83. The number of ether oxygens (including phenoxy) is 1. The summed E-state index contributed by atoms with van der Waals surface area (Å²) in [6, 6.07) is 7.58. The molecule has 3 rings (SSSR count). The minimum Gasteiger partial charge on any atom is -0.497 e. The van der Waals surface area contributed by atoms with E-state index in [4.69, 9.17) is 4.74 Å². The molecule has 1 aromatic rings. The second kappa shape index (κ2) is 7.79. The molecule has 126 valence electrons. The number of benzene rings is 1. The van der Waals surface area contributed by atoms with Crippen molar-refractivity contribution in [3.05, 3.63) is 24.3 Å². The van der Waals surface area contributed by atoms with Gasteiger partial charge in [0, 0.05) is 37.9 Å². The molecule has 0 spiro atoms. The molecular formula is C18H27N3O2. The molecule has 1 aliphatic heterocycles. The van der Waals surface area contributed by atoms with Gasteiger partial charge in [0.1, 0.15) is 5.75 Å². The van der Waals surface area contributed by atoms with Crippen LogP contribution in [0.3, 0.4) is 0 Å². The van der Waals surface area contributed by atoms with E-state index in [-0.39, 0.29) is 11.9 Å². The fourth-order valence-electron chi connectivity index (χ4n) is 3.83. The third kappa shape index (κ3) is 4.03. The monoisotopic (exact) mass is 317 g/mol. The number of nitrogens with zero attached hydrogens (tertiary/aromatic N) is 1. The number of rotatable bonds is 5. The Hall–Kier alpha value is -1.59. The fraction of sp³-hybridized carbons (Fsp3) is 0.611. The number of amides is 1. The van der Waals surface area contributed by atoms with Gasteiger partial charge in [0.2, 0.25) is 5.91 Å². The van der Waals surface area contributed by atoms with Crippen molar-refractivity contribution >= 4 is 11.6 Å². The lowest BCUT2D eigenvalue weighted by Gasteiger charge is -2.37. The molecule has 2 fully saturated rings. The maximum atomic E-state index is 13.0. The minimum atomic E-state index is -0.00852. The highest BCUT2D eigenvalue weighted by Crippen LogP contribution is 2.31. The summed E-state index contributed by atoms with van der Waals surface area (Å²) in [4.78, 5) is 15.3. The highest BCUT2D eigenvalue weighted by Gasteiger charge is 2.35. The number of hydrogen-bond acceptors (Lipinski definition) is 4. The highest BCUT2D eigenvalue weighted by molar-refractivity contribution is 5.95. The van der Waals surface area contributed by atoms with Gasteiger partial charge in [-0.15, -0.1) is 0 Å². The van der Waals surface area contributed by atoms with Crippen molar-refractivity contribution in [3.8, 4) is 5.75 Å². The molecule has 1 amide bonds. The fourth-order valence-corrected chi connectivity index (χ4v) is 3.83. The third-order valence-electron chi connectivity index (χ3n) is 5.00. The molecule has 0 radical (unpaired) electrons. The lowest BCUT2D eigenvalue weighted by molar-refractivity contribution is -0.123. The molecule has 1 heterocycles. The Balaban J connectivity index is 1.73. The summed E-state index contributed by atoms with van der Waals surface area (Å²) >= 11 is 0. The van der Waals surface area contributed by atoms with E-state index in [1.165, 1.54) is 25.7 Å². The second-order valence-corrected chi connectivity index (χ2v) is 6.50. The smallest absolute Gasteiger partial charge is 0.242 e. The Morgan fingerprint density at radius 2 is 2.04 bits per heavy atom. The van der Waals surface area contributed by atoms with Gasteiger partial charge >= 0.3 is 0 Å². The summed E-state index contributed by atoms with van der Waals surface area (Å²) in [7, 11) is 1.64. The first-order valence-corrected chi connectivity index (χ1v) is 8.67. The standard InChI is InChI=1S/C18H27N3O2/c1-23-16-8-4-7-15(13-16)20-18(22)17(14-5-2-3-6-14)21-11-9-19-10-12-21/h4,7-8,13-14,17,19H,2-3,5-6,9-12H2,1H3,(H,20,22). The van der Waals surface area contributed by atoms with E-state index >= 15 is 0 Å². The van der Waals surface area contributed by atoms with Crippen LogP contribution in [0.2, 0.25) is 0 Å². The number of carbonyl (C=O) groups excluding carboxylic acids is 1. The van der Waals surface area contributed by atoms with Crippen LogP contribution in [-0.4, -0.2) is 50.1 Å². The van der Waals surface area contributed by atoms with E-state index in [1.54, 1.807) is 7.11 Å². The average Bonchev–Trinajstić information content (AvgIpc) is 3.10. The lowest BCUT2D eigenvalue weighted by atomic mass is 9.95. The van der Waals surface area contributed by atoms with Gasteiger partial charge in [-0.05, 0) is 30.9 Å². The largest absolute Gasteiger partial charge is 0.497 e. The first kappa shape index (κ1) is 16.3. The van der Waals surface area contributed by atoms with E-state index in [0.29, 0.717) is 5.92 Å². The van der Waals surface area contributed by atoms with Crippen LogP contribution < -0.4 is 15.4 Å². The lowest BCUT2D eigenvalue weighted by Crippen LogP contribution is -2.55. The van der Waals surface area contributed by atoms with Gasteiger partial charge in [0.05, 0.1) is 13.2 Å². The van der Waals surface area contributed by atoms with Crippen molar-refractivity contribution in [2.75, 3.05) is 38.6 Å². The Labute approximate surface area is 138 Å². The molecule has 1 unspecified atom stereocenters. The number of methoxy groups -OCH3 is 1. The molecule has 5 heteroatoms. The van der Waals surface area contributed by atoms with Gasteiger partial charge in [0.15, 0.2) is 0 Å². The van der Waals surface area contributed by atoms with Crippen LogP contribution in [0.25, 0.3) is 0 Å². The van der Waals surface area contributed by atoms with Gasteiger partial charge < -0.3 is 15.4 Å². The Morgan fingerprint density at radius 1 is 1.30 bits per heavy atom. The van der Waals surface area contributed by atoms with Crippen molar-refractivity contribution < 1.29 is 9.53 Å².